The molecule has 25 heavy (non-hydrogen) atoms. The number of nitrogens with one attached hydrogen (secondary N) is 1. The normalized spacial score (nSPS) is 10.7. The predicted octanol–water partition coefficient (Wildman–Crippen LogP) is 4.59. The minimum Gasteiger partial charge on any atom is -0.495 e. The van der Waals surface area contributed by atoms with Gasteiger partial charge in [0.05, 0.1) is 22.3 Å². The number of amides is 1. The number of nitrogens with zero attached hydrogens (tertiary/aromatic N) is 1. The van der Waals surface area contributed by atoms with Gasteiger partial charge in [-0.25, -0.2) is 4.98 Å². The lowest BCUT2D eigenvalue weighted by atomic mass is 10.1. The largest absolute Gasteiger partial charge is 0.495 e. The summed E-state index contributed by atoms with van der Waals surface area (Å²) in [5, 5.41) is 3.73. The maximum absolute atomic E-state index is 12.1. The number of aromatic nitrogens is 1. The van der Waals surface area contributed by atoms with Crippen molar-refractivity contribution in [3.05, 3.63) is 46.5 Å². The molecule has 0 aliphatic carbocycles. The molecule has 0 radical (unpaired) electrons. The molecule has 0 saturated heterocycles. The lowest BCUT2D eigenvalue weighted by Crippen LogP contribution is -2.20. The summed E-state index contributed by atoms with van der Waals surface area (Å²) in [7, 11) is 1.56. The molecule has 1 amide bonds. The molecule has 0 unspecified atom stereocenters. The van der Waals surface area contributed by atoms with Crippen molar-refractivity contribution in [1.82, 2.24) is 4.98 Å². The van der Waals surface area contributed by atoms with Crippen molar-refractivity contribution in [1.29, 1.82) is 0 Å². The van der Waals surface area contributed by atoms with E-state index in [-0.39, 0.29) is 12.5 Å². The zero-order chi connectivity index (χ0) is 18.0. The van der Waals surface area contributed by atoms with E-state index in [4.69, 9.17) is 21.1 Å². The number of carbonyl (C=O) groups excluding carboxylic acids is 1. The monoisotopic (exact) mass is 376 g/mol. The molecule has 1 heterocycles. The molecule has 7 heteroatoms. The molecule has 3 rings (SSSR count). The zero-order valence-corrected chi connectivity index (χ0v) is 15.6. The van der Waals surface area contributed by atoms with Crippen molar-refractivity contribution in [3.8, 4) is 11.5 Å². The van der Waals surface area contributed by atoms with Crippen LogP contribution in [0.2, 0.25) is 5.02 Å². The molecule has 0 saturated carbocycles. The van der Waals surface area contributed by atoms with E-state index in [2.05, 4.69) is 10.3 Å². The number of rotatable bonds is 5. The van der Waals surface area contributed by atoms with Crippen LogP contribution in [0.3, 0.4) is 0 Å². The smallest absolute Gasteiger partial charge is 0.264 e. The molecular formula is C18H17ClN2O3S. The van der Waals surface area contributed by atoms with Gasteiger partial charge >= 0.3 is 0 Å². The third-order valence-electron chi connectivity index (χ3n) is 3.60. The number of hydrogen-bond acceptors (Lipinski definition) is 5. The van der Waals surface area contributed by atoms with Gasteiger partial charge in [-0.2, -0.15) is 0 Å². The van der Waals surface area contributed by atoms with Crippen LogP contribution in [-0.2, 0) is 4.79 Å². The van der Waals surface area contributed by atoms with Gasteiger partial charge in [-0.05, 0) is 31.5 Å². The highest BCUT2D eigenvalue weighted by Gasteiger charge is 2.12. The summed E-state index contributed by atoms with van der Waals surface area (Å²) in [5.41, 5.74) is 2.86. The van der Waals surface area contributed by atoms with Crippen LogP contribution in [-0.4, -0.2) is 24.6 Å². The van der Waals surface area contributed by atoms with Crippen molar-refractivity contribution >= 4 is 44.2 Å². The number of carbonyl (C=O) groups is 1. The molecule has 0 fully saturated rings. The standard InChI is InChI=1S/C18H17ClN2O3S/c1-10-4-5-14(11(2)6-10)24-9-17(22)21-18-20-13-7-12(19)15(23-3)8-16(13)25-18/h4-8H,9H2,1-3H3,(H,20,21,22). The highest BCUT2D eigenvalue weighted by Crippen LogP contribution is 2.34. The summed E-state index contributed by atoms with van der Waals surface area (Å²) in [4.78, 5) is 16.5. The second-order valence-electron chi connectivity index (χ2n) is 5.58. The first-order valence-corrected chi connectivity index (χ1v) is 8.79. The number of halogens is 1. The van der Waals surface area contributed by atoms with E-state index >= 15 is 0 Å². The molecule has 2 aromatic carbocycles. The number of thiazole rings is 1. The Morgan fingerprint density at radius 2 is 2.04 bits per heavy atom. The molecule has 0 atom stereocenters. The van der Waals surface area contributed by atoms with Gasteiger partial charge in [0.2, 0.25) is 0 Å². The number of ether oxygens (including phenoxy) is 2. The van der Waals surface area contributed by atoms with E-state index in [0.717, 1.165) is 15.8 Å². The fourth-order valence-corrected chi connectivity index (χ4v) is 3.53. The number of hydrogen-bond donors (Lipinski definition) is 1. The van der Waals surface area contributed by atoms with Crippen LogP contribution in [0.5, 0.6) is 11.5 Å². The fourth-order valence-electron chi connectivity index (χ4n) is 2.40. The Kier molecular flexibility index (Phi) is 5.11. The van der Waals surface area contributed by atoms with Gasteiger partial charge in [0.25, 0.3) is 5.91 Å². The highest BCUT2D eigenvalue weighted by molar-refractivity contribution is 7.22. The van der Waals surface area contributed by atoms with Gasteiger partial charge in [-0.15, -0.1) is 0 Å². The predicted molar refractivity (Wildman–Crippen MR) is 101 cm³/mol. The van der Waals surface area contributed by atoms with Gasteiger partial charge in [-0.3, -0.25) is 10.1 Å². The summed E-state index contributed by atoms with van der Waals surface area (Å²) in [5.74, 6) is 1.01. The van der Waals surface area contributed by atoms with E-state index in [1.165, 1.54) is 11.3 Å². The maximum atomic E-state index is 12.1. The van der Waals surface area contributed by atoms with E-state index in [1.54, 1.807) is 19.2 Å². The summed E-state index contributed by atoms with van der Waals surface area (Å²) in [6.07, 6.45) is 0. The molecule has 0 bridgehead atoms. The average Bonchev–Trinajstić information content (AvgIpc) is 2.94. The van der Waals surface area contributed by atoms with Crippen LogP contribution in [0.1, 0.15) is 11.1 Å². The molecule has 0 aliphatic heterocycles. The highest BCUT2D eigenvalue weighted by atomic mass is 35.5. The van der Waals surface area contributed by atoms with E-state index in [0.29, 0.717) is 27.2 Å². The van der Waals surface area contributed by atoms with Gasteiger partial charge in [-0.1, -0.05) is 40.6 Å². The van der Waals surface area contributed by atoms with Crippen molar-refractivity contribution in [2.45, 2.75) is 13.8 Å². The van der Waals surface area contributed by atoms with Crippen LogP contribution < -0.4 is 14.8 Å². The Bertz CT molecular complexity index is 939. The first kappa shape index (κ1) is 17.5. The topological polar surface area (TPSA) is 60.5 Å². The summed E-state index contributed by atoms with van der Waals surface area (Å²) >= 11 is 7.45. The zero-order valence-electron chi connectivity index (χ0n) is 14.1. The van der Waals surface area contributed by atoms with Crippen LogP contribution >= 0.6 is 22.9 Å². The Labute approximate surface area is 154 Å². The van der Waals surface area contributed by atoms with Gasteiger partial charge in [0, 0.05) is 6.07 Å². The second-order valence-corrected chi connectivity index (χ2v) is 7.02. The minimum absolute atomic E-state index is 0.0795. The third-order valence-corrected chi connectivity index (χ3v) is 4.83. The summed E-state index contributed by atoms with van der Waals surface area (Å²) < 4.78 is 11.7. The summed E-state index contributed by atoms with van der Waals surface area (Å²) in [6, 6.07) is 9.35. The minimum atomic E-state index is -0.267. The first-order valence-electron chi connectivity index (χ1n) is 7.60. The van der Waals surface area contributed by atoms with E-state index in [9.17, 15) is 4.79 Å². The SMILES string of the molecule is COc1cc2sc(NC(=O)COc3ccc(C)cc3C)nc2cc1Cl. The Morgan fingerprint density at radius 1 is 1.24 bits per heavy atom. The molecule has 3 aromatic rings. The molecule has 130 valence electrons. The second kappa shape index (κ2) is 7.29. The lowest BCUT2D eigenvalue weighted by molar-refractivity contribution is -0.118. The van der Waals surface area contributed by atoms with Gasteiger partial charge < -0.3 is 9.47 Å². The Morgan fingerprint density at radius 3 is 2.76 bits per heavy atom. The number of aryl methyl sites for hydroxylation is 2. The molecule has 5 nitrogen and oxygen atoms in total. The maximum Gasteiger partial charge on any atom is 0.264 e. The molecule has 1 aromatic heterocycles. The third kappa shape index (κ3) is 4.03. The van der Waals surface area contributed by atoms with E-state index < -0.39 is 0 Å². The number of methoxy groups -OCH3 is 1. The van der Waals surface area contributed by atoms with Crippen LogP contribution in [0.4, 0.5) is 5.13 Å². The number of anilines is 1. The van der Waals surface area contributed by atoms with Crippen molar-refractivity contribution < 1.29 is 14.3 Å². The van der Waals surface area contributed by atoms with Crippen molar-refractivity contribution in [3.63, 3.8) is 0 Å². The summed E-state index contributed by atoms with van der Waals surface area (Å²) in [6.45, 7) is 3.88. The molecule has 1 N–H and O–H groups in total. The van der Waals surface area contributed by atoms with E-state index in [1.807, 2.05) is 32.0 Å². The Hall–Kier alpha value is -2.31. The van der Waals surface area contributed by atoms with Crippen LogP contribution in [0, 0.1) is 13.8 Å². The van der Waals surface area contributed by atoms with Crippen molar-refractivity contribution in [2.24, 2.45) is 0 Å². The van der Waals surface area contributed by atoms with Crippen LogP contribution in [0.15, 0.2) is 30.3 Å². The first-order chi connectivity index (χ1) is 12.0. The number of benzene rings is 2. The lowest BCUT2D eigenvalue weighted by Gasteiger charge is -2.09. The number of fused-ring (bicyclic) bond motifs is 1. The molecular weight excluding hydrogens is 360 g/mol. The van der Waals surface area contributed by atoms with Gasteiger partial charge in [0.1, 0.15) is 11.5 Å². The average molecular weight is 377 g/mol. The quantitative estimate of drug-likeness (QED) is 0.707. The molecule has 0 aliphatic rings. The Balaban J connectivity index is 1.67. The van der Waals surface area contributed by atoms with Crippen LogP contribution in [0.25, 0.3) is 10.2 Å². The fraction of sp³-hybridized carbons (Fsp3) is 0.222. The van der Waals surface area contributed by atoms with Crippen molar-refractivity contribution in [2.75, 3.05) is 19.0 Å². The molecule has 0 spiro atoms. The van der Waals surface area contributed by atoms with Gasteiger partial charge in [0.15, 0.2) is 11.7 Å².